The molecular formula is C16H17BrClNO. The third-order valence-electron chi connectivity index (χ3n) is 2.91. The summed E-state index contributed by atoms with van der Waals surface area (Å²) < 4.78 is 6.68. The van der Waals surface area contributed by atoms with Gasteiger partial charge in [0.15, 0.2) is 0 Å². The van der Waals surface area contributed by atoms with Crippen molar-refractivity contribution in [3.63, 3.8) is 0 Å². The van der Waals surface area contributed by atoms with Crippen molar-refractivity contribution < 1.29 is 4.74 Å². The molecule has 0 spiro atoms. The second-order valence-electron chi connectivity index (χ2n) is 4.38. The van der Waals surface area contributed by atoms with Crippen molar-refractivity contribution in [3.05, 3.63) is 63.1 Å². The quantitative estimate of drug-likeness (QED) is 0.805. The molecule has 1 N–H and O–H groups in total. The Bertz CT molecular complexity index is 574. The number of nitrogens with one attached hydrogen (secondary N) is 1. The van der Waals surface area contributed by atoms with Crippen LogP contribution in [0.25, 0.3) is 0 Å². The van der Waals surface area contributed by atoms with Crippen molar-refractivity contribution in [2.45, 2.75) is 20.0 Å². The van der Waals surface area contributed by atoms with E-state index in [0.29, 0.717) is 6.61 Å². The highest BCUT2D eigenvalue weighted by molar-refractivity contribution is 9.10. The Morgan fingerprint density at radius 3 is 2.60 bits per heavy atom. The van der Waals surface area contributed by atoms with Crippen LogP contribution in [0, 0.1) is 0 Å². The second-order valence-corrected chi connectivity index (χ2v) is 5.70. The van der Waals surface area contributed by atoms with Gasteiger partial charge in [0.05, 0.1) is 6.61 Å². The average Bonchev–Trinajstić information content (AvgIpc) is 2.44. The van der Waals surface area contributed by atoms with Gasteiger partial charge in [-0.2, -0.15) is 0 Å². The maximum Gasteiger partial charge on any atom is 0.123 e. The number of hydrogen-bond donors (Lipinski definition) is 1. The highest BCUT2D eigenvalue weighted by Crippen LogP contribution is 2.23. The molecule has 0 aliphatic heterocycles. The van der Waals surface area contributed by atoms with Crippen LogP contribution in [0.2, 0.25) is 5.02 Å². The number of ether oxygens (including phenoxy) is 1. The Hall–Kier alpha value is -1.03. The third kappa shape index (κ3) is 4.23. The first-order valence-corrected chi connectivity index (χ1v) is 7.73. The maximum absolute atomic E-state index is 6.14. The molecule has 0 saturated carbocycles. The smallest absolute Gasteiger partial charge is 0.123 e. The van der Waals surface area contributed by atoms with Gasteiger partial charge in [-0.25, -0.2) is 0 Å². The number of hydrogen-bond acceptors (Lipinski definition) is 2. The molecule has 2 nitrogen and oxygen atoms in total. The highest BCUT2D eigenvalue weighted by Gasteiger charge is 2.05. The van der Waals surface area contributed by atoms with Gasteiger partial charge in [-0.15, -0.1) is 0 Å². The molecule has 0 bridgehead atoms. The minimum atomic E-state index is 0.666. The monoisotopic (exact) mass is 353 g/mol. The van der Waals surface area contributed by atoms with E-state index in [9.17, 15) is 0 Å². The zero-order valence-electron chi connectivity index (χ0n) is 11.3. The van der Waals surface area contributed by atoms with E-state index < -0.39 is 0 Å². The molecule has 0 saturated heterocycles. The summed E-state index contributed by atoms with van der Waals surface area (Å²) in [5.74, 6) is 0.919. The van der Waals surface area contributed by atoms with E-state index in [2.05, 4.69) is 27.3 Å². The van der Waals surface area contributed by atoms with E-state index in [4.69, 9.17) is 16.3 Å². The lowest BCUT2D eigenvalue weighted by molar-refractivity contribution is 0.335. The van der Waals surface area contributed by atoms with Crippen LogP contribution in [0.5, 0.6) is 5.75 Å². The third-order valence-corrected chi connectivity index (χ3v) is 3.77. The van der Waals surface area contributed by atoms with E-state index in [1.807, 2.05) is 43.3 Å². The molecule has 0 radical (unpaired) electrons. The molecule has 106 valence electrons. The van der Waals surface area contributed by atoms with Crippen LogP contribution in [0.4, 0.5) is 0 Å². The zero-order valence-corrected chi connectivity index (χ0v) is 13.7. The zero-order chi connectivity index (χ0) is 14.4. The number of halogens is 2. The lowest BCUT2D eigenvalue weighted by atomic mass is 10.2. The first-order chi connectivity index (χ1) is 9.70. The Morgan fingerprint density at radius 1 is 1.10 bits per heavy atom. The van der Waals surface area contributed by atoms with Crippen molar-refractivity contribution in [2.75, 3.05) is 6.61 Å². The summed E-state index contributed by atoms with van der Waals surface area (Å²) in [5, 5.41) is 4.19. The summed E-state index contributed by atoms with van der Waals surface area (Å²) in [6.07, 6.45) is 0. The van der Waals surface area contributed by atoms with E-state index in [1.54, 1.807) is 0 Å². The van der Waals surface area contributed by atoms with E-state index in [0.717, 1.165) is 39.5 Å². The number of rotatable bonds is 6. The molecule has 0 aliphatic carbocycles. The van der Waals surface area contributed by atoms with Crippen LogP contribution < -0.4 is 10.1 Å². The first-order valence-electron chi connectivity index (χ1n) is 6.56. The fourth-order valence-electron chi connectivity index (χ4n) is 1.96. The van der Waals surface area contributed by atoms with E-state index >= 15 is 0 Å². The maximum atomic E-state index is 6.14. The van der Waals surface area contributed by atoms with Gasteiger partial charge in [-0.3, -0.25) is 0 Å². The van der Waals surface area contributed by atoms with Crippen molar-refractivity contribution in [3.8, 4) is 5.75 Å². The predicted octanol–water partition coefficient (Wildman–Crippen LogP) is 4.79. The van der Waals surface area contributed by atoms with Gasteiger partial charge >= 0.3 is 0 Å². The lowest BCUT2D eigenvalue weighted by Gasteiger charge is -2.12. The van der Waals surface area contributed by atoms with Crippen molar-refractivity contribution in [1.82, 2.24) is 5.32 Å². The second kappa shape index (κ2) is 7.67. The lowest BCUT2D eigenvalue weighted by Crippen LogP contribution is -2.14. The molecule has 0 fully saturated rings. The minimum absolute atomic E-state index is 0.666. The van der Waals surface area contributed by atoms with Crippen LogP contribution in [-0.2, 0) is 13.1 Å². The minimum Gasteiger partial charge on any atom is -0.494 e. The van der Waals surface area contributed by atoms with Crippen molar-refractivity contribution >= 4 is 27.5 Å². The molecule has 0 aromatic heterocycles. The van der Waals surface area contributed by atoms with Crippen LogP contribution in [0.1, 0.15) is 18.1 Å². The molecule has 0 aliphatic rings. The Balaban J connectivity index is 2.00. The fourth-order valence-corrected chi connectivity index (χ4v) is 2.57. The topological polar surface area (TPSA) is 21.3 Å². The molecule has 0 heterocycles. The fraction of sp³-hybridized carbons (Fsp3) is 0.250. The summed E-state index contributed by atoms with van der Waals surface area (Å²) in [6, 6.07) is 13.9. The Morgan fingerprint density at radius 2 is 1.85 bits per heavy atom. The number of benzene rings is 2. The molecular weight excluding hydrogens is 338 g/mol. The van der Waals surface area contributed by atoms with Crippen molar-refractivity contribution in [1.29, 1.82) is 0 Å². The van der Waals surface area contributed by atoms with Crippen LogP contribution in [0.15, 0.2) is 46.9 Å². The summed E-state index contributed by atoms with van der Waals surface area (Å²) in [6.45, 7) is 4.12. The van der Waals surface area contributed by atoms with Crippen LogP contribution in [-0.4, -0.2) is 6.61 Å². The summed E-state index contributed by atoms with van der Waals surface area (Å²) in [4.78, 5) is 0. The summed E-state index contributed by atoms with van der Waals surface area (Å²) in [5.41, 5.74) is 2.23. The van der Waals surface area contributed by atoms with Gasteiger partial charge in [0, 0.05) is 28.1 Å². The first kappa shape index (κ1) is 15.4. The summed E-state index contributed by atoms with van der Waals surface area (Å²) >= 11 is 9.63. The van der Waals surface area contributed by atoms with E-state index in [-0.39, 0.29) is 0 Å². The Kier molecular flexibility index (Phi) is 5.89. The normalized spacial score (nSPS) is 10.6. The molecule has 0 unspecified atom stereocenters. The largest absolute Gasteiger partial charge is 0.494 e. The van der Waals surface area contributed by atoms with Gasteiger partial charge < -0.3 is 10.1 Å². The Labute approximate surface area is 133 Å². The standard InChI is InChI=1S/C16H17BrClNO/c1-2-20-16-8-7-14(17)9-13(16)11-19-10-12-5-3-4-6-15(12)18/h3-9,19H,2,10-11H2,1H3. The summed E-state index contributed by atoms with van der Waals surface area (Å²) in [7, 11) is 0. The van der Waals surface area contributed by atoms with E-state index in [1.165, 1.54) is 0 Å². The van der Waals surface area contributed by atoms with Gasteiger partial charge in [0.1, 0.15) is 5.75 Å². The molecule has 0 amide bonds. The van der Waals surface area contributed by atoms with Gasteiger partial charge in [-0.1, -0.05) is 45.7 Å². The SMILES string of the molecule is CCOc1ccc(Br)cc1CNCc1ccccc1Cl. The molecule has 2 aromatic carbocycles. The molecule has 2 rings (SSSR count). The van der Waals surface area contributed by atoms with Gasteiger partial charge in [0.25, 0.3) is 0 Å². The van der Waals surface area contributed by atoms with Gasteiger partial charge in [-0.05, 0) is 36.8 Å². The molecule has 4 heteroatoms. The van der Waals surface area contributed by atoms with Crippen molar-refractivity contribution in [2.24, 2.45) is 0 Å². The average molecular weight is 355 g/mol. The highest BCUT2D eigenvalue weighted by atomic mass is 79.9. The molecule has 0 atom stereocenters. The van der Waals surface area contributed by atoms with Crippen LogP contribution in [0.3, 0.4) is 0 Å². The van der Waals surface area contributed by atoms with Crippen LogP contribution >= 0.6 is 27.5 Å². The molecule has 2 aromatic rings. The molecule has 20 heavy (non-hydrogen) atoms. The predicted molar refractivity (Wildman–Crippen MR) is 87.3 cm³/mol. The van der Waals surface area contributed by atoms with Gasteiger partial charge in [0.2, 0.25) is 0 Å².